The van der Waals surface area contributed by atoms with Crippen LogP contribution in [0.3, 0.4) is 0 Å². The highest BCUT2D eigenvalue weighted by Crippen LogP contribution is 2.40. The summed E-state index contributed by atoms with van der Waals surface area (Å²) in [6.45, 7) is 2.12. The molecular formula is C25H23N3O2. The minimum absolute atomic E-state index is 0.0370. The highest BCUT2D eigenvalue weighted by atomic mass is 16.5. The summed E-state index contributed by atoms with van der Waals surface area (Å²) in [7, 11) is 0. The fraction of sp³-hybridized carbons (Fsp3) is 0.160. The van der Waals surface area contributed by atoms with Crippen LogP contribution in [0, 0.1) is 0 Å². The summed E-state index contributed by atoms with van der Waals surface area (Å²) in [5.74, 6) is 0.0978. The molecule has 30 heavy (non-hydrogen) atoms. The van der Waals surface area contributed by atoms with Crippen LogP contribution in [-0.4, -0.2) is 27.3 Å². The first kappa shape index (κ1) is 19.6. The lowest BCUT2D eigenvalue weighted by Gasteiger charge is -2.35. The fourth-order valence-corrected chi connectivity index (χ4v) is 3.82. The van der Waals surface area contributed by atoms with E-state index in [2.05, 4.69) is 41.4 Å². The number of nitrogens with zero attached hydrogens (tertiary/aromatic N) is 3. The Morgan fingerprint density at radius 3 is 1.73 bits per heavy atom. The molecule has 0 atom stereocenters. The standard InChI is InChI=1S/C25H23N3O2/c1-2-30-24(29)18-23-26-19-28(27-23)25(20-12-6-3-7-13-20,21-14-8-4-9-15-21)22-16-10-5-11-17-22/h3-17,19H,2,18H2,1H3. The molecule has 0 aliphatic carbocycles. The molecule has 0 aliphatic rings. The summed E-state index contributed by atoms with van der Waals surface area (Å²) in [4.78, 5) is 16.4. The molecule has 0 aliphatic heterocycles. The van der Waals surface area contributed by atoms with Crippen LogP contribution in [0.4, 0.5) is 0 Å². The SMILES string of the molecule is CCOC(=O)Cc1ncn(C(c2ccccc2)(c2ccccc2)c2ccccc2)n1. The number of carbonyl (C=O) groups is 1. The fourth-order valence-electron chi connectivity index (χ4n) is 3.82. The van der Waals surface area contributed by atoms with Crippen LogP contribution in [0.25, 0.3) is 0 Å². The van der Waals surface area contributed by atoms with Crippen LogP contribution in [0.15, 0.2) is 97.3 Å². The Kier molecular flexibility index (Phi) is 5.70. The average Bonchev–Trinajstić information content (AvgIpc) is 3.25. The van der Waals surface area contributed by atoms with Gasteiger partial charge in [-0.1, -0.05) is 91.0 Å². The number of hydrogen-bond acceptors (Lipinski definition) is 4. The monoisotopic (exact) mass is 397 g/mol. The summed E-state index contributed by atoms with van der Waals surface area (Å²) in [5.41, 5.74) is 2.42. The Bertz CT molecular complexity index is 996. The van der Waals surface area contributed by atoms with Gasteiger partial charge in [-0.2, -0.15) is 5.10 Å². The first-order chi connectivity index (χ1) is 14.7. The van der Waals surface area contributed by atoms with Crippen molar-refractivity contribution in [3.05, 3.63) is 120 Å². The molecule has 0 bridgehead atoms. The van der Waals surface area contributed by atoms with Gasteiger partial charge in [0.2, 0.25) is 0 Å². The van der Waals surface area contributed by atoms with Gasteiger partial charge in [0.25, 0.3) is 0 Å². The lowest BCUT2D eigenvalue weighted by atomic mass is 9.77. The van der Waals surface area contributed by atoms with Crippen molar-refractivity contribution in [1.29, 1.82) is 0 Å². The quantitative estimate of drug-likeness (QED) is 0.346. The van der Waals surface area contributed by atoms with Gasteiger partial charge < -0.3 is 4.74 Å². The summed E-state index contributed by atoms with van der Waals surface area (Å²) in [5, 5.41) is 4.74. The zero-order valence-corrected chi connectivity index (χ0v) is 16.8. The van der Waals surface area contributed by atoms with Crippen molar-refractivity contribution in [2.24, 2.45) is 0 Å². The van der Waals surface area contributed by atoms with E-state index >= 15 is 0 Å². The number of ether oxygens (including phenoxy) is 1. The second-order valence-corrected chi connectivity index (χ2v) is 6.90. The average molecular weight is 397 g/mol. The molecule has 150 valence electrons. The van der Waals surface area contributed by atoms with E-state index in [-0.39, 0.29) is 12.4 Å². The molecule has 0 saturated heterocycles. The zero-order chi connectivity index (χ0) is 20.8. The van der Waals surface area contributed by atoms with Crippen LogP contribution in [0.1, 0.15) is 29.4 Å². The van der Waals surface area contributed by atoms with E-state index in [9.17, 15) is 4.79 Å². The second-order valence-electron chi connectivity index (χ2n) is 6.90. The minimum Gasteiger partial charge on any atom is -0.466 e. The Hall–Kier alpha value is -3.73. The molecule has 0 N–H and O–H groups in total. The van der Waals surface area contributed by atoms with Gasteiger partial charge >= 0.3 is 5.97 Å². The molecule has 1 heterocycles. The van der Waals surface area contributed by atoms with Crippen molar-refractivity contribution in [3.63, 3.8) is 0 Å². The maximum Gasteiger partial charge on any atom is 0.313 e. The maximum atomic E-state index is 12.0. The molecule has 4 aromatic rings. The Morgan fingerprint density at radius 1 is 0.833 bits per heavy atom. The van der Waals surface area contributed by atoms with E-state index in [0.29, 0.717) is 12.4 Å². The predicted octanol–water partition coefficient (Wildman–Crippen LogP) is 4.22. The molecule has 0 fully saturated rings. The zero-order valence-electron chi connectivity index (χ0n) is 16.8. The van der Waals surface area contributed by atoms with Gasteiger partial charge in [-0.25, -0.2) is 9.67 Å². The van der Waals surface area contributed by atoms with E-state index in [1.807, 2.05) is 59.3 Å². The van der Waals surface area contributed by atoms with Crippen LogP contribution >= 0.6 is 0 Å². The highest BCUT2D eigenvalue weighted by Gasteiger charge is 2.39. The first-order valence-corrected chi connectivity index (χ1v) is 9.98. The van der Waals surface area contributed by atoms with Crippen molar-refractivity contribution in [1.82, 2.24) is 14.8 Å². The number of carbonyl (C=O) groups excluding carboxylic acids is 1. The van der Waals surface area contributed by atoms with Gasteiger partial charge in [0.05, 0.1) is 6.61 Å². The Balaban J connectivity index is 1.95. The normalized spacial score (nSPS) is 11.2. The molecule has 3 aromatic carbocycles. The molecule has 0 spiro atoms. The van der Waals surface area contributed by atoms with Crippen LogP contribution in [-0.2, 0) is 21.5 Å². The summed E-state index contributed by atoms with van der Waals surface area (Å²) in [6, 6.07) is 30.7. The molecule has 4 rings (SSSR count). The third-order valence-electron chi connectivity index (χ3n) is 5.07. The van der Waals surface area contributed by atoms with E-state index in [0.717, 1.165) is 16.7 Å². The molecule has 1 aromatic heterocycles. The number of rotatable bonds is 7. The Morgan fingerprint density at radius 2 is 1.30 bits per heavy atom. The second kappa shape index (κ2) is 8.74. The van der Waals surface area contributed by atoms with Crippen molar-refractivity contribution in [2.75, 3.05) is 6.61 Å². The molecular weight excluding hydrogens is 374 g/mol. The van der Waals surface area contributed by atoms with E-state index in [4.69, 9.17) is 9.84 Å². The summed E-state index contributed by atoms with van der Waals surface area (Å²) < 4.78 is 6.92. The predicted molar refractivity (Wildman–Crippen MR) is 115 cm³/mol. The number of benzene rings is 3. The molecule has 5 heteroatoms. The number of hydrogen-bond donors (Lipinski definition) is 0. The van der Waals surface area contributed by atoms with Gasteiger partial charge in [-0.15, -0.1) is 0 Å². The largest absolute Gasteiger partial charge is 0.466 e. The topological polar surface area (TPSA) is 57.0 Å². The van der Waals surface area contributed by atoms with E-state index in [1.54, 1.807) is 13.3 Å². The van der Waals surface area contributed by atoms with Gasteiger partial charge in [-0.05, 0) is 23.6 Å². The van der Waals surface area contributed by atoms with Crippen molar-refractivity contribution in [2.45, 2.75) is 18.9 Å². The lowest BCUT2D eigenvalue weighted by Crippen LogP contribution is -2.38. The van der Waals surface area contributed by atoms with Crippen molar-refractivity contribution >= 4 is 5.97 Å². The van der Waals surface area contributed by atoms with E-state index in [1.165, 1.54) is 0 Å². The number of esters is 1. The van der Waals surface area contributed by atoms with E-state index < -0.39 is 5.54 Å². The maximum absolute atomic E-state index is 12.0. The minimum atomic E-state index is -0.732. The number of aromatic nitrogens is 3. The molecule has 0 saturated carbocycles. The van der Waals surface area contributed by atoms with Crippen LogP contribution in [0.5, 0.6) is 0 Å². The molecule has 5 nitrogen and oxygen atoms in total. The first-order valence-electron chi connectivity index (χ1n) is 9.98. The van der Waals surface area contributed by atoms with Gasteiger partial charge in [0, 0.05) is 0 Å². The van der Waals surface area contributed by atoms with Crippen molar-refractivity contribution in [3.8, 4) is 0 Å². The smallest absolute Gasteiger partial charge is 0.313 e. The van der Waals surface area contributed by atoms with Gasteiger partial charge in [0.1, 0.15) is 18.3 Å². The third kappa shape index (κ3) is 3.62. The summed E-state index contributed by atoms with van der Waals surface area (Å²) in [6.07, 6.45) is 1.73. The highest BCUT2D eigenvalue weighted by molar-refractivity contribution is 5.71. The molecule has 0 radical (unpaired) electrons. The van der Waals surface area contributed by atoms with Crippen LogP contribution in [0.2, 0.25) is 0 Å². The molecule has 0 amide bonds. The molecule has 0 unspecified atom stereocenters. The lowest BCUT2D eigenvalue weighted by molar-refractivity contribution is -0.142. The summed E-state index contributed by atoms with van der Waals surface area (Å²) >= 11 is 0. The van der Waals surface area contributed by atoms with Crippen molar-refractivity contribution < 1.29 is 9.53 Å². The van der Waals surface area contributed by atoms with Gasteiger partial charge in [0.15, 0.2) is 5.82 Å². The van der Waals surface area contributed by atoms with Crippen LogP contribution < -0.4 is 0 Å². The third-order valence-corrected chi connectivity index (χ3v) is 5.07. The Labute approximate surface area is 176 Å². The van der Waals surface area contributed by atoms with Gasteiger partial charge in [-0.3, -0.25) is 4.79 Å².